The van der Waals surface area contributed by atoms with Crippen LogP contribution < -0.4 is 9.62 Å². The molecule has 0 aliphatic carbocycles. The zero-order chi connectivity index (χ0) is 22.3. The molecule has 0 aromatic heterocycles. The smallest absolute Gasteiger partial charge is 0.264 e. The van der Waals surface area contributed by atoms with Crippen molar-refractivity contribution < 1.29 is 23.4 Å². The minimum atomic E-state index is -4.00. The monoisotopic (exact) mass is 474 g/mol. The van der Waals surface area contributed by atoms with Gasteiger partial charge in [-0.1, -0.05) is 29.3 Å². The van der Waals surface area contributed by atoms with Crippen LogP contribution in [0.15, 0.2) is 47.4 Å². The lowest BCUT2D eigenvalue weighted by atomic mass is 10.1. The summed E-state index contributed by atoms with van der Waals surface area (Å²) in [7, 11) is -4.00. The lowest BCUT2D eigenvalue weighted by Gasteiger charge is -2.32. The van der Waals surface area contributed by atoms with Crippen molar-refractivity contribution in [2.75, 3.05) is 17.5 Å². The van der Waals surface area contributed by atoms with Gasteiger partial charge < -0.3 is 15.5 Å². The van der Waals surface area contributed by atoms with E-state index in [4.69, 9.17) is 28.3 Å². The number of halogens is 2. The van der Waals surface area contributed by atoms with E-state index < -0.39 is 28.6 Å². The third kappa shape index (κ3) is 6.09. The lowest BCUT2D eigenvalue weighted by molar-refractivity contribution is -0.123. The first kappa shape index (κ1) is 24.4. The van der Waals surface area contributed by atoms with Crippen LogP contribution in [0.25, 0.3) is 0 Å². The molecule has 7 nitrogen and oxygen atoms in total. The van der Waals surface area contributed by atoms with Crippen LogP contribution in [0.3, 0.4) is 0 Å². The van der Waals surface area contributed by atoms with E-state index in [1.807, 2.05) is 0 Å². The fourth-order valence-corrected chi connectivity index (χ4v) is 5.01. The second-order valence-electron chi connectivity index (χ2n) is 6.69. The molecule has 30 heavy (non-hydrogen) atoms. The minimum Gasteiger partial charge on any atom is -0.392 e. The van der Waals surface area contributed by atoms with Gasteiger partial charge in [-0.3, -0.25) is 9.10 Å². The van der Waals surface area contributed by atoms with Crippen molar-refractivity contribution in [2.24, 2.45) is 0 Å². The molecule has 0 fully saturated rings. The van der Waals surface area contributed by atoms with Crippen LogP contribution in [0.2, 0.25) is 10.0 Å². The van der Waals surface area contributed by atoms with Crippen LogP contribution in [0.1, 0.15) is 25.3 Å². The zero-order valence-corrected chi connectivity index (χ0v) is 18.7. The molecule has 1 amide bonds. The quantitative estimate of drug-likeness (QED) is 0.458. The normalized spacial score (nSPS) is 12.4. The Bertz CT molecular complexity index is 968. The molecule has 0 aliphatic rings. The number of hydrogen-bond donors (Lipinski definition) is 3. The number of aliphatic hydroxyl groups excluding tert-OH is 2. The maximum Gasteiger partial charge on any atom is 0.264 e. The number of anilines is 1. The molecule has 2 rings (SSSR count). The first-order valence-electron chi connectivity index (χ1n) is 9.27. The van der Waals surface area contributed by atoms with Gasteiger partial charge in [-0.15, -0.1) is 0 Å². The molecule has 0 unspecified atom stereocenters. The Morgan fingerprint density at radius 2 is 1.73 bits per heavy atom. The van der Waals surface area contributed by atoms with E-state index in [2.05, 4.69) is 5.32 Å². The van der Waals surface area contributed by atoms with E-state index in [1.54, 1.807) is 19.1 Å². The topological polar surface area (TPSA) is 107 Å². The number of rotatable bonds is 10. The highest BCUT2D eigenvalue weighted by molar-refractivity contribution is 7.92. The summed E-state index contributed by atoms with van der Waals surface area (Å²) in [4.78, 5) is 11.2. The van der Waals surface area contributed by atoms with Crippen molar-refractivity contribution in [2.45, 2.75) is 37.3 Å². The van der Waals surface area contributed by atoms with Crippen LogP contribution >= 0.6 is 23.2 Å². The van der Waals surface area contributed by atoms with E-state index in [1.165, 1.54) is 34.6 Å². The van der Waals surface area contributed by atoms with Crippen molar-refractivity contribution in [3.8, 4) is 0 Å². The summed E-state index contributed by atoms with van der Waals surface area (Å²) < 4.78 is 28.3. The maximum atomic E-state index is 13.5. The van der Waals surface area contributed by atoms with E-state index in [9.17, 15) is 18.3 Å². The van der Waals surface area contributed by atoms with Crippen LogP contribution in [0.4, 0.5) is 5.69 Å². The van der Waals surface area contributed by atoms with Crippen molar-refractivity contribution in [1.82, 2.24) is 5.32 Å². The summed E-state index contributed by atoms with van der Waals surface area (Å²) in [6.45, 7) is 1.07. The minimum absolute atomic E-state index is 0.0520. The summed E-state index contributed by atoms with van der Waals surface area (Å²) >= 11 is 12.0. The molecule has 0 spiro atoms. The van der Waals surface area contributed by atoms with Gasteiger partial charge in [0.2, 0.25) is 5.91 Å². The Kier molecular flexibility index (Phi) is 8.93. The average molecular weight is 475 g/mol. The van der Waals surface area contributed by atoms with E-state index in [0.717, 1.165) is 0 Å². The van der Waals surface area contributed by atoms with Gasteiger partial charge in [0, 0.05) is 28.2 Å². The first-order valence-corrected chi connectivity index (χ1v) is 11.5. The van der Waals surface area contributed by atoms with Gasteiger partial charge in [-0.2, -0.15) is 0 Å². The Labute approximate surface area is 186 Å². The number of aliphatic hydroxyl groups is 2. The first-order chi connectivity index (χ1) is 14.2. The zero-order valence-electron chi connectivity index (χ0n) is 16.4. The molecule has 0 aliphatic heterocycles. The molecular weight excluding hydrogens is 451 g/mol. The van der Waals surface area contributed by atoms with Gasteiger partial charge in [-0.05, 0) is 56.2 Å². The van der Waals surface area contributed by atoms with Gasteiger partial charge in [0.25, 0.3) is 10.0 Å². The largest absolute Gasteiger partial charge is 0.392 e. The number of hydrogen-bond acceptors (Lipinski definition) is 5. The fourth-order valence-electron chi connectivity index (χ4n) is 3.00. The lowest BCUT2D eigenvalue weighted by Crippen LogP contribution is -2.40. The fraction of sp³-hybridized carbons (Fsp3) is 0.350. The molecule has 2 aromatic carbocycles. The molecule has 0 saturated heterocycles. The van der Waals surface area contributed by atoms with Crippen molar-refractivity contribution in [1.29, 1.82) is 0 Å². The van der Waals surface area contributed by atoms with E-state index >= 15 is 0 Å². The van der Waals surface area contributed by atoms with Gasteiger partial charge in [0.15, 0.2) is 0 Å². The molecule has 3 N–H and O–H groups in total. The SMILES string of the molecule is C[C@H](CCCNC(=O)CO)N(c1cc(Cl)ccc1CO)S(=O)(=O)c1ccc(Cl)cc1. The Morgan fingerprint density at radius 1 is 1.10 bits per heavy atom. The number of amides is 1. The van der Waals surface area contributed by atoms with Crippen molar-refractivity contribution in [3.05, 3.63) is 58.1 Å². The summed E-state index contributed by atoms with van der Waals surface area (Å²) in [5, 5.41) is 21.8. The van der Waals surface area contributed by atoms with E-state index in [0.29, 0.717) is 35.0 Å². The van der Waals surface area contributed by atoms with Crippen molar-refractivity contribution >= 4 is 44.8 Å². The highest BCUT2D eigenvalue weighted by Gasteiger charge is 2.31. The summed E-state index contributed by atoms with van der Waals surface area (Å²) in [5.74, 6) is -0.495. The van der Waals surface area contributed by atoms with Crippen LogP contribution in [0.5, 0.6) is 0 Å². The second kappa shape index (κ2) is 11.0. The molecule has 0 heterocycles. The standard InChI is InChI=1S/C20H24Cl2N2O5S/c1-14(3-2-10-23-20(27)13-26)24(19-11-17(22)5-4-15(19)12-25)30(28,29)18-8-6-16(21)7-9-18/h4-9,11,14,25-26H,2-3,10,12-13H2,1H3,(H,23,27)/t14-/m1/s1. The van der Waals surface area contributed by atoms with Gasteiger partial charge in [0.05, 0.1) is 17.2 Å². The Hall–Kier alpha value is -1.84. The van der Waals surface area contributed by atoms with Gasteiger partial charge in [-0.25, -0.2) is 8.42 Å². The Balaban J connectivity index is 2.41. The Morgan fingerprint density at radius 3 is 2.33 bits per heavy atom. The summed E-state index contributed by atoms with van der Waals surface area (Å²) in [5.41, 5.74) is 0.698. The third-order valence-electron chi connectivity index (χ3n) is 4.49. The van der Waals surface area contributed by atoms with E-state index in [-0.39, 0.29) is 17.2 Å². The molecule has 0 radical (unpaired) electrons. The number of nitrogens with zero attached hydrogens (tertiary/aromatic N) is 1. The highest BCUT2D eigenvalue weighted by atomic mass is 35.5. The molecule has 10 heteroatoms. The number of benzene rings is 2. The average Bonchev–Trinajstić information content (AvgIpc) is 2.71. The molecular formula is C20H24Cl2N2O5S. The van der Waals surface area contributed by atoms with Gasteiger partial charge >= 0.3 is 0 Å². The number of carbonyl (C=O) groups excluding carboxylic acids is 1. The highest BCUT2D eigenvalue weighted by Crippen LogP contribution is 2.33. The number of nitrogens with one attached hydrogen (secondary N) is 1. The van der Waals surface area contributed by atoms with Gasteiger partial charge in [0.1, 0.15) is 6.61 Å². The maximum absolute atomic E-state index is 13.5. The number of carbonyl (C=O) groups is 1. The van der Waals surface area contributed by atoms with Crippen LogP contribution in [0, 0.1) is 0 Å². The molecule has 2 aromatic rings. The summed E-state index contributed by atoms with van der Waals surface area (Å²) in [6, 6.07) is 9.98. The molecule has 164 valence electrons. The molecule has 1 atom stereocenters. The predicted octanol–water partition coefficient (Wildman–Crippen LogP) is 2.96. The van der Waals surface area contributed by atoms with Crippen LogP contribution in [-0.4, -0.2) is 43.7 Å². The summed E-state index contributed by atoms with van der Waals surface area (Å²) in [6.07, 6.45) is 0.893. The predicted molar refractivity (Wildman–Crippen MR) is 117 cm³/mol. The molecule has 0 saturated carbocycles. The number of sulfonamides is 1. The third-order valence-corrected chi connectivity index (χ3v) is 6.92. The van der Waals surface area contributed by atoms with Crippen LogP contribution in [-0.2, 0) is 21.4 Å². The second-order valence-corrected chi connectivity index (χ2v) is 9.37. The molecule has 0 bridgehead atoms. The van der Waals surface area contributed by atoms with Crippen molar-refractivity contribution in [3.63, 3.8) is 0 Å².